The van der Waals surface area contributed by atoms with E-state index in [0.717, 1.165) is 10.1 Å². The van der Waals surface area contributed by atoms with Gasteiger partial charge in [0.05, 0.1) is 0 Å². The van der Waals surface area contributed by atoms with Crippen LogP contribution >= 0.6 is 0 Å². The van der Waals surface area contributed by atoms with Crippen LogP contribution in [0.4, 0.5) is 13.2 Å². The summed E-state index contributed by atoms with van der Waals surface area (Å²) in [5.41, 5.74) is -0.507. The number of nitrogens with zero attached hydrogens (tertiary/aromatic N) is 2. The lowest BCUT2D eigenvalue weighted by atomic mass is 9.52. The van der Waals surface area contributed by atoms with Gasteiger partial charge < -0.3 is 4.74 Å². The van der Waals surface area contributed by atoms with Crippen LogP contribution in [0.3, 0.4) is 0 Å². The zero-order valence-electron chi connectivity index (χ0n) is 15.0. The molecule has 2 aliphatic rings. The predicted molar refractivity (Wildman–Crippen MR) is 85.9 cm³/mol. The summed E-state index contributed by atoms with van der Waals surface area (Å²) < 4.78 is 45.3. The van der Waals surface area contributed by atoms with Gasteiger partial charge in [-0.15, -0.1) is 0 Å². The second kappa shape index (κ2) is 5.34. The van der Waals surface area contributed by atoms with Crippen LogP contribution in [0.25, 0.3) is 0 Å². The van der Waals surface area contributed by atoms with Crippen molar-refractivity contribution in [2.75, 3.05) is 0 Å². The molecule has 0 radical (unpaired) electrons. The normalized spacial score (nSPS) is 30.0. The minimum atomic E-state index is -5.12. The van der Waals surface area contributed by atoms with Crippen molar-refractivity contribution in [2.45, 2.75) is 44.9 Å². The minimum absolute atomic E-state index is 0.313. The molecule has 9 heteroatoms. The minimum Gasteiger partial charge on any atom is -0.454 e. The summed E-state index contributed by atoms with van der Waals surface area (Å²) >= 11 is 0. The molecule has 1 aromatic rings. The van der Waals surface area contributed by atoms with Crippen molar-refractivity contribution in [1.82, 2.24) is 9.13 Å². The second-order valence-electron chi connectivity index (χ2n) is 7.30. The Balaban J connectivity index is 2.25. The van der Waals surface area contributed by atoms with Crippen molar-refractivity contribution in [3.05, 3.63) is 43.7 Å². The fourth-order valence-electron chi connectivity index (χ4n) is 4.64. The standard InChI is InChI=1S/C17H19F3N2O4/c1-7-6-16(3)10(7)9-11(21(4)15(25)22(5)13(9)23)8(2)12(16)26-14(24)17(18,19)20/h6,8,10,12H,1-5H3/t8-,10-,12-,16-/m1/s1. The molecule has 2 aliphatic carbocycles. The lowest BCUT2D eigenvalue weighted by Gasteiger charge is -2.54. The second-order valence-corrected chi connectivity index (χ2v) is 7.30. The molecule has 0 N–H and O–H groups in total. The van der Waals surface area contributed by atoms with Gasteiger partial charge in [-0.05, 0) is 6.92 Å². The van der Waals surface area contributed by atoms with Crippen LogP contribution in [-0.4, -0.2) is 27.4 Å². The number of allylic oxidation sites excluding steroid dienone is 1. The Morgan fingerprint density at radius 1 is 1.23 bits per heavy atom. The van der Waals surface area contributed by atoms with Gasteiger partial charge in [0, 0.05) is 42.6 Å². The van der Waals surface area contributed by atoms with Gasteiger partial charge in [0.25, 0.3) is 5.56 Å². The van der Waals surface area contributed by atoms with E-state index in [4.69, 9.17) is 4.74 Å². The Kier molecular flexibility index (Phi) is 3.79. The maximum Gasteiger partial charge on any atom is 0.490 e. The van der Waals surface area contributed by atoms with E-state index < -0.39 is 46.7 Å². The quantitative estimate of drug-likeness (QED) is 0.556. The number of carbonyl (C=O) groups excluding carboxylic acids is 1. The largest absolute Gasteiger partial charge is 0.490 e. The van der Waals surface area contributed by atoms with E-state index in [1.807, 2.05) is 0 Å². The maximum absolute atomic E-state index is 12.7. The average molecular weight is 372 g/mol. The van der Waals surface area contributed by atoms with Gasteiger partial charge in [-0.3, -0.25) is 13.9 Å². The summed E-state index contributed by atoms with van der Waals surface area (Å²) in [6.45, 7) is 5.00. The van der Waals surface area contributed by atoms with Crippen LogP contribution in [0.1, 0.15) is 43.9 Å². The Morgan fingerprint density at radius 3 is 2.31 bits per heavy atom. The smallest absolute Gasteiger partial charge is 0.454 e. The summed E-state index contributed by atoms with van der Waals surface area (Å²) in [5, 5.41) is 0. The first-order valence-electron chi connectivity index (χ1n) is 8.09. The fraction of sp³-hybridized carbons (Fsp3) is 0.588. The molecule has 0 unspecified atom stereocenters. The van der Waals surface area contributed by atoms with Gasteiger partial charge >= 0.3 is 17.8 Å². The van der Waals surface area contributed by atoms with Crippen molar-refractivity contribution < 1.29 is 22.7 Å². The van der Waals surface area contributed by atoms with E-state index in [-0.39, 0.29) is 0 Å². The molecule has 0 saturated heterocycles. The highest BCUT2D eigenvalue weighted by Crippen LogP contribution is 2.60. The number of alkyl halides is 3. The Labute approximate surface area is 146 Å². The van der Waals surface area contributed by atoms with Gasteiger partial charge in [-0.2, -0.15) is 13.2 Å². The first-order chi connectivity index (χ1) is 11.8. The molecule has 142 valence electrons. The molecular weight excluding hydrogens is 353 g/mol. The Bertz CT molecular complexity index is 956. The molecular formula is C17H19F3N2O4. The molecule has 6 nitrogen and oxygen atoms in total. The van der Waals surface area contributed by atoms with E-state index in [1.165, 1.54) is 18.7 Å². The predicted octanol–water partition coefficient (Wildman–Crippen LogP) is 1.72. The Morgan fingerprint density at radius 2 is 1.81 bits per heavy atom. The van der Waals surface area contributed by atoms with Crippen molar-refractivity contribution in [3.63, 3.8) is 0 Å². The topological polar surface area (TPSA) is 70.3 Å². The van der Waals surface area contributed by atoms with Crippen molar-refractivity contribution in [1.29, 1.82) is 0 Å². The molecule has 0 spiro atoms. The molecule has 0 saturated carbocycles. The molecule has 0 aliphatic heterocycles. The third-order valence-electron chi connectivity index (χ3n) is 5.61. The number of aromatic nitrogens is 2. The van der Waals surface area contributed by atoms with Crippen molar-refractivity contribution in [2.24, 2.45) is 19.5 Å². The number of hydrogen-bond donors (Lipinski definition) is 0. The van der Waals surface area contributed by atoms with Crippen molar-refractivity contribution in [3.8, 4) is 0 Å². The molecule has 0 fully saturated rings. The monoisotopic (exact) mass is 372 g/mol. The van der Waals surface area contributed by atoms with Crippen LogP contribution in [0.5, 0.6) is 0 Å². The van der Waals surface area contributed by atoms with Gasteiger partial charge in [0.2, 0.25) is 0 Å². The highest BCUT2D eigenvalue weighted by Gasteiger charge is 2.59. The van der Waals surface area contributed by atoms with Gasteiger partial charge in [0.1, 0.15) is 6.10 Å². The number of rotatable bonds is 1. The van der Waals surface area contributed by atoms with Gasteiger partial charge in [0.15, 0.2) is 0 Å². The summed E-state index contributed by atoms with van der Waals surface area (Å²) in [6, 6.07) is 0. The van der Waals surface area contributed by atoms with E-state index in [2.05, 4.69) is 0 Å². The lowest BCUT2D eigenvalue weighted by molar-refractivity contribution is -0.212. The summed E-state index contributed by atoms with van der Waals surface area (Å²) in [7, 11) is 2.82. The van der Waals surface area contributed by atoms with Crippen LogP contribution in [0, 0.1) is 5.41 Å². The highest BCUT2D eigenvalue weighted by atomic mass is 19.4. The summed E-state index contributed by atoms with van der Waals surface area (Å²) in [5.74, 6) is -3.54. The number of ether oxygens (including phenoxy) is 1. The molecule has 26 heavy (non-hydrogen) atoms. The van der Waals surface area contributed by atoms with Crippen molar-refractivity contribution >= 4 is 5.97 Å². The molecule has 0 aromatic carbocycles. The van der Waals surface area contributed by atoms with E-state index in [9.17, 15) is 27.6 Å². The van der Waals surface area contributed by atoms with Gasteiger partial charge in [-0.25, -0.2) is 9.59 Å². The van der Waals surface area contributed by atoms with E-state index >= 15 is 0 Å². The van der Waals surface area contributed by atoms with Gasteiger partial charge in [-0.1, -0.05) is 25.5 Å². The number of carbonyl (C=O) groups is 1. The Hall–Kier alpha value is -2.32. The van der Waals surface area contributed by atoms with Crippen LogP contribution in [0.15, 0.2) is 21.2 Å². The average Bonchev–Trinajstić information content (AvgIpc) is 2.52. The zero-order chi connectivity index (χ0) is 19.8. The zero-order valence-corrected chi connectivity index (χ0v) is 15.0. The number of halogens is 3. The maximum atomic E-state index is 12.7. The fourth-order valence-corrected chi connectivity index (χ4v) is 4.64. The molecule has 3 rings (SSSR count). The first-order valence-corrected chi connectivity index (χ1v) is 8.09. The van der Waals surface area contributed by atoms with Crippen LogP contribution < -0.4 is 11.2 Å². The summed E-state index contributed by atoms with van der Waals surface area (Å²) in [6.07, 6.45) is -4.53. The molecule has 0 bridgehead atoms. The van der Waals surface area contributed by atoms with Crippen LogP contribution in [-0.2, 0) is 23.6 Å². The third kappa shape index (κ3) is 2.22. The molecule has 1 heterocycles. The van der Waals surface area contributed by atoms with E-state index in [1.54, 1.807) is 26.8 Å². The molecule has 4 atom stereocenters. The third-order valence-corrected chi connectivity index (χ3v) is 5.61. The van der Waals surface area contributed by atoms with Crippen LogP contribution in [0.2, 0.25) is 0 Å². The highest BCUT2D eigenvalue weighted by molar-refractivity contribution is 5.76. The number of esters is 1. The SMILES string of the molecule is CC1=C[C@]2(C)[C@H]1c1c(n(C)c(=O)n(C)c1=O)[C@@H](C)[C@H]2OC(=O)C(F)(F)F. The molecule has 1 aromatic heterocycles. The number of fused-ring (bicyclic) bond motifs is 3. The lowest BCUT2D eigenvalue weighted by Crippen LogP contribution is -2.57. The number of hydrogen-bond acceptors (Lipinski definition) is 4. The molecule has 0 amide bonds. The van der Waals surface area contributed by atoms with E-state index in [0.29, 0.717) is 11.3 Å². The first kappa shape index (κ1) is 18.5. The summed E-state index contributed by atoms with van der Waals surface area (Å²) in [4.78, 5) is 36.5.